The van der Waals surface area contributed by atoms with Crippen molar-refractivity contribution in [1.82, 2.24) is 15.0 Å². The Balaban J connectivity index is 1.45. The minimum absolute atomic E-state index is 0.0994. The van der Waals surface area contributed by atoms with Gasteiger partial charge in [0.15, 0.2) is 0 Å². The minimum atomic E-state index is -0.791. The number of hydrogen-bond acceptors (Lipinski definition) is 4. The van der Waals surface area contributed by atoms with Gasteiger partial charge in [0.2, 0.25) is 0 Å². The van der Waals surface area contributed by atoms with Gasteiger partial charge in [0.25, 0.3) is 0 Å². The topological polar surface area (TPSA) is 71.2 Å². The molecule has 2 bridgehead atoms. The molecule has 4 atom stereocenters. The second-order valence-electron chi connectivity index (χ2n) is 10.0. The number of benzene rings is 2. The summed E-state index contributed by atoms with van der Waals surface area (Å²) in [6, 6.07) is 9.68. The largest absolute Gasteiger partial charge is 0.506 e. The van der Waals surface area contributed by atoms with E-state index in [1.54, 1.807) is 0 Å². The Hall–Kier alpha value is -2.15. The van der Waals surface area contributed by atoms with Gasteiger partial charge >= 0.3 is 0 Å². The van der Waals surface area contributed by atoms with Gasteiger partial charge < -0.3 is 10.2 Å². The smallest absolute Gasteiger partial charge is 0.132 e. The lowest BCUT2D eigenvalue weighted by molar-refractivity contribution is 0.00370. The lowest BCUT2D eigenvalue weighted by atomic mass is 9.63. The molecule has 3 aliphatic rings. The van der Waals surface area contributed by atoms with Crippen molar-refractivity contribution in [2.75, 3.05) is 0 Å². The molecule has 0 saturated heterocycles. The van der Waals surface area contributed by atoms with Gasteiger partial charge in [-0.1, -0.05) is 35.5 Å². The molecule has 1 spiro atoms. The van der Waals surface area contributed by atoms with Crippen LogP contribution in [0.25, 0.3) is 11.3 Å². The Labute approximate surface area is 206 Å². The van der Waals surface area contributed by atoms with Crippen molar-refractivity contribution in [3.63, 3.8) is 0 Å². The van der Waals surface area contributed by atoms with E-state index in [0.29, 0.717) is 29.7 Å². The number of phenolic OH excluding ortho intramolecular Hbond substituents is 1. The van der Waals surface area contributed by atoms with Crippen LogP contribution in [0.4, 0.5) is 0 Å². The number of aliphatic hydroxyl groups is 1. The molecule has 5 nitrogen and oxygen atoms in total. The van der Waals surface area contributed by atoms with Gasteiger partial charge in [-0.25, -0.2) is 0 Å². The van der Waals surface area contributed by atoms with Crippen LogP contribution in [0.5, 0.6) is 5.75 Å². The highest BCUT2D eigenvalue weighted by molar-refractivity contribution is 9.10. The van der Waals surface area contributed by atoms with Crippen LogP contribution in [0.2, 0.25) is 5.02 Å². The first-order valence-electron chi connectivity index (χ1n) is 11.3. The van der Waals surface area contributed by atoms with Gasteiger partial charge in [0.1, 0.15) is 11.4 Å². The lowest BCUT2D eigenvalue weighted by Gasteiger charge is -2.42. The van der Waals surface area contributed by atoms with E-state index in [1.807, 2.05) is 42.1 Å². The number of rotatable bonds is 3. The summed E-state index contributed by atoms with van der Waals surface area (Å²) in [6.45, 7) is 6.91. The van der Waals surface area contributed by atoms with Crippen molar-refractivity contribution in [3.05, 3.63) is 74.9 Å². The first kappa shape index (κ1) is 21.4. The second kappa shape index (κ2) is 7.17. The summed E-state index contributed by atoms with van der Waals surface area (Å²) < 4.78 is 2.64. The lowest BCUT2D eigenvalue weighted by Crippen LogP contribution is -2.39. The summed E-state index contributed by atoms with van der Waals surface area (Å²) in [5.41, 5.74) is 5.19. The summed E-state index contributed by atoms with van der Waals surface area (Å²) in [6.07, 6.45) is 5.14. The first-order valence-corrected chi connectivity index (χ1v) is 12.5. The normalized spacial score (nSPS) is 29.9. The van der Waals surface area contributed by atoms with Gasteiger partial charge in [0.05, 0.1) is 22.8 Å². The predicted octanol–water partition coefficient (Wildman–Crippen LogP) is 6.12. The number of aromatic hydroxyl groups is 1. The molecule has 0 aliphatic heterocycles. The molecule has 7 heteroatoms. The highest BCUT2D eigenvalue weighted by Crippen LogP contribution is 2.72. The van der Waals surface area contributed by atoms with Crippen molar-refractivity contribution < 1.29 is 10.2 Å². The number of aromatic nitrogens is 3. The molecule has 170 valence electrons. The fourth-order valence-corrected chi connectivity index (χ4v) is 7.55. The summed E-state index contributed by atoms with van der Waals surface area (Å²) in [5.74, 6) is 0.718. The molecule has 0 radical (unpaired) electrons. The van der Waals surface area contributed by atoms with E-state index < -0.39 is 5.60 Å². The summed E-state index contributed by atoms with van der Waals surface area (Å²) >= 11 is 9.59. The Morgan fingerprint density at radius 2 is 2.06 bits per heavy atom. The summed E-state index contributed by atoms with van der Waals surface area (Å²) in [5, 5.41) is 31.7. The van der Waals surface area contributed by atoms with E-state index in [-0.39, 0.29) is 11.3 Å². The SMILES string of the molecule is C=C1C[C@]23C[C@@]1(O)CC[C@H]2c1cc(Br)c(O)c(C)c1[C@@H]3Cn1cc(-c2ccc(Cl)cc2)nn1. The van der Waals surface area contributed by atoms with Gasteiger partial charge in [-0.3, -0.25) is 4.68 Å². The van der Waals surface area contributed by atoms with Crippen LogP contribution < -0.4 is 0 Å². The summed E-state index contributed by atoms with van der Waals surface area (Å²) in [4.78, 5) is 0. The van der Waals surface area contributed by atoms with Crippen LogP contribution in [0.3, 0.4) is 0 Å². The Bertz CT molecular complexity index is 1300. The zero-order chi connectivity index (χ0) is 23.1. The van der Waals surface area contributed by atoms with Crippen LogP contribution in [-0.4, -0.2) is 30.8 Å². The molecule has 2 N–H and O–H groups in total. The maximum Gasteiger partial charge on any atom is 0.132 e. The summed E-state index contributed by atoms with van der Waals surface area (Å²) in [7, 11) is 0. The van der Waals surface area contributed by atoms with Crippen LogP contribution in [0.1, 0.15) is 54.2 Å². The van der Waals surface area contributed by atoms with Gasteiger partial charge in [-0.05, 0) is 100 Å². The molecule has 33 heavy (non-hydrogen) atoms. The number of fused-ring (bicyclic) bond motifs is 3. The average Bonchev–Trinajstić information content (AvgIpc) is 3.40. The molecule has 2 aromatic carbocycles. The number of phenols is 1. The highest BCUT2D eigenvalue weighted by Gasteiger charge is 2.64. The quantitative estimate of drug-likeness (QED) is 0.404. The van der Waals surface area contributed by atoms with E-state index in [1.165, 1.54) is 11.1 Å². The van der Waals surface area contributed by atoms with Crippen molar-refractivity contribution in [3.8, 4) is 17.0 Å². The van der Waals surface area contributed by atoms with E-state index in [4.69, 9.17) is 11.6 Å². The zero-order valence-corrected chi connectivity index (χ0v) is 20.7. The number of hydrogen-bond donors (Lipinski definition) is 2. The predicted molar refractivity (Wildman–Crippen MR) is 131 cm³/mol. The van der Waals surface area contributed by atoms with Crippen molar-refractivity contribution in [2.24, 2.45) is 5.41 Å². The number of nitrogens with zero attached hydrogens (tertiary/aromatic N) is 3. The third-order valence-corrected chi connectivity index (χ3v) is 9.26. The van der Waals surface area contributed by atoms with Crippen molar-refractivity contribution in [1.29, 1.82) is 0 Å². The van der Waals surface area contributed by atoms with Gasteiger partial charge in [-0.15, -0.1) is 5.10 Å². The third kappa shape index (κ3) is 3.00. The molecule has 1 heterocycles. The van der Waals surface area contributed by atoms with E-state index in [2.05, 4.69) is 38.9 Å². The molecule has 0 unspecified atom stereocenters. The monoisotopic (exact) mass is 525 g/mol. The third-order valence-electron chi connectivity index (χ3n) is 8.41. The first-order chi connectivity index (χ1) is 15.7. The Morgan fingerprint density at radius 1 is 1.30 bits per heavy atom. The fraction of sp³-hybridized carbons (Fsp3) is 0.385. The fourth-order valence-electron chi connectivity index (χ4n) is 6.88. The maximum atomic E-state index is 11.3. The molecule has 3 aromatic rings. The number of halogens is 2. The van der Waals surface area contributed by atoms with E-state index in [0.717, 1.165) is 46.1 Å². The molecule has 2 fully saturated rings. The molecule has 3 aliphatic carbocycles. The minimum Gasteiger partial charge on any atom is -0.506 e. The molecule has 0 amide bonds. The van der Waals surface area contributed by atoms with Crippen LogP contribution in [-0.2, 0) is 6.54 Å². The Morgan fingerprint density at radius 3 is 2.82 bits per heavy atom. The highest BCUT2D eigenvalue weighted by atomic mass is 79.9. The van der Waals surface area contributed by atoms with Crippen LogP contribution in [0.15, 0.2) is 53.2 Å². The molecular formula is C26H25BrClN3O2. The zero-order valence-electron chi connectivity index (χ0n) is 18.4. The van der Waals surface area contributed by atoms with E-state index >= 15 is 0 Å². The Kier molecular flexibility index (Phi) is 4.65. The standard InChI is InChI=1S/C26H25BrClN3O2/c1-14-10-25-13-26(14,33)8-7-19(25)18-9-21(27)24(32)15(2)23(18)20(25)11-31-12-22(29-30-31)16-3-5-17(28)6-4-16/h3-6,9,12,19-20,32-33H,1,7-8,10-11,13H2,2H3/t19-,20-,25-,26-/m0/s1. The maximum absolute atomic E-state index is 11.3. The molecule has 1 aromatic heterocycles. The second-order valence-corrected chi connectivity index (χ2v) is 11.3. The van der Waals surface area contributed by atoms with Crippen molar-refractivity contribution in [2.45, 2.75) is 56.6 Å². The molecule has 6 rings (SSSR count). The van der Waals surface area contributed by atoms with Gasteiger partial charge in [-0.2, -0.15) is 0 Å². The van der Waals surface area contributed by atoms with E-state index in [9.17, 15) is 10.2 Å². The molecular weight excluding hydrogens is 502 g/mol. The van der Waals surface area contributed by atoms with Crippen molar-refractivity contribution >= 4 is 27.5 Å². The van der Waals surface area contributed by atoms with Gasteiger partial charge in [0, 0.05) is 16.5 Å². The average molecular weight is 527 g/mol. The van der Waals surface area contributed by atoms with Crippen LogP contribution in [0, 0.1) is 12.3 Å². The molecule has 2 saturated carbocycles. The van der Waals surface area contributed by atoms with Crippen LogP contribution >= 0.6 is 27.5 Å².